The van der Waals surface area contributed by atoms with Crippen LogP contribution in [0, 0.1) is 0 Å². The van der Waals surface area contributed by atoms with E-state index in [0.29, 0.717) is 13.0 Å². The smallest absolute Gasteiger partial charge is 0.125 e. The first-order valence-electron chi connectivity index (χ1n) is 6.27. The second-order valence-corrected chi connectivity index (χ2v) is 3.86. The van der Waals surface area contributed by atoms with Crippen LogP contribution in [0.1, 0.15) is 38.4 Å². The summed E-state index contributed by atoms with van der Waals surface area (Å²) in [6.45, 7) is 6.01. The molecular weight excluding hydrogens is 216 g/mol. The third kappa shape index (κ3) is 4.75. The van der Waals surface area contributed by atoms with Crippen LogP contribution in [-0.2, 0) is 4.74 Å². The molecule has 0 saturated carbocycles. The zero-order valence-corrected chi connectivity index (χ0v) is 10.7. The molecule has 0 heterocycles. The van der Waals surface area contributed by atoms with E-state index in [9.17, 15) is 5.11 Å². The standard InChI is InChI=1S/C14H22O3/c1-3-13(15)12-8-5-6-9-14(12)17-11-7-10-16-4-2/h5-6,8-9,13,15H,3-4,7,10-11H2,1-2H3/t13-/m0/s1. The highest BCUT2D eigenvalue weighted by atomic mass is 16.5. The minimum absolute atomic E-state index is 0.446. The quantitative estimate of drug-likeness (QED) is 0.708. The molecular formula is C14H22O3. The van der Waals surface area contributed by atoms with E-state index in [1.807, 2.05) is 38.1 Å². The maximum absolute atomic E-state index is 9.85. The molecule has 0 unspecified atom stereocenters. The van der Waals surface area contributed by atoms with Gasteiger partial charge in [0.1, 0.15) is 5.75 Å². The van der Waals surface area contributed by atoms with Crippen LogP contribution in [0.25, 0.3) is 0 Å². The molecule has 0 fully saturated rings. The van der Waals surface area contributed by atoms with Crippen LogP contribution >= 0.6 is 0 Å². The average molecular weight is 238 g/mol. The van der Waals surface area contributed by atoms with Crippen LogP contribution in [-0.4, -0.2) is 24.9 Å². The Labute approximate surface area is 103 Å². The molecule has 0 saturated heterocycles. The summed E-state index contributed by atoms with van der Waals surface area (Å²) in [6.07, 6.45) is 1.11. The minimum atomic E-state index is -0.446. The second kappa shape index (κ2) is 8.09. The predicted molar refractivity (Wildman–Crippen MR) is 68.3 cm³/mol. The van der Waals surface area contributed by atoms with Crippen molar-refractivity contribution in [3.63, 3.8) is 0 Å². The lowest BCUT2D eigenvalue weighted by Gasteiger charge is -2.14. The van der Waals surface area contributed by atoms with Gasteiger partial charge in [-0.25, -0.2) is 0 Å². The van der Waals surface area contributed by atoms with E-state index in [2.05, 4.69) is 0 Å². The van der Waals surface area contributed by atoms with Crippen LogP contribution in [0.15, 0.2) is 24.3 Å². The van der Waals surface area contributed by atoms with Gasteiger partial charge in [-0.3, -0.25) is 0 Å². The molecule has 1 N–H and O–H groups in total. The molecule has 0 spiro atoms. The van der Waals surface area contributed by atoms with Crippen molar-refractivity contribution in [2.24, 2.45) is 0 Å². The van der Waals surface area contributed by atoms with Crippen LogP contribution in [0.5, 0.6) is 5.75 Å². The molecule has 1 atom stereocenters. The monoisotopic (exact) mass is 238 g/mol. The van der Waals surface area contributed by atoms with E-state index < -0.39 is 6.10 Å². The van der Waals surface area contributed by atoms with Crippen molar-refractivity contribution in [2.45, 2.75) is 32.8 Å². The SMILES string of the molecule is CCOCCCOc1ccccc1[C@@H](O)CC. The molecule has 96 valence electrons. The highest BCUT2D eigenvalue weighted by molar-refractivity contribution is 5.34. The third-order valence-electron chi connectivity index (χ3n) is 2.56. The van der Waals surface area contributed by atoms with E-state index >= 15 is 0 Å². The van der Waals surface area contributed by atoms with Gasteiger partial charge in [0.25, 0.3) is 0 Å². The van der Waals surface area contributed by atoms with Gasteiger partial charge in [-0.1, -0.05) is 25.1 Å². The fraction of sp³-hybridized carbons (Fsp3) is 0.571. The topological polar surface area (TPSA) is 38.7 Å². The molecule has 1 aromatic rings. The van der Waals surface area contributed by atoms with Crippen LogP contribution in [0.2, 0.25) is 0 Å². The zero-order chi connectivity index (χ0) is 12.5. The number of para-hydroxylation sites is 1. The van der Waals surface area contributed by atoms with Crippen molar-refractivity contribution in [1.29, 1.82) is 0 Å². The van der Waals surface area contributed by atoms with Gasteiger partial charge in [0, 0.05) is 25.2 Å². The number of aliphatic hydroxyl groups excluding tert-OH is 1. The van der Waals surface area contributed by atoms with Crippen molar-refractivity contribution < 1.29 is 14.6 Å². The Morgan fingerprint density at radius 2 is 1.94 bits per heavy atom. The highest BCUT2D eigenvalue weighted by Gasteiger charge is 2.10. The number of aliphatic hydroxyl groups is 1. The van der Waals surface area contributed by atoms with Gasteiger partial charge in [0.2, 0.25) is 0 Å². The van der Waals surface area contributed by atoms with Crippen molar-refractivity contribution >= 4 is 0 Å². The highest BCUT2D eigenvalue weighted by Crippen LogP contribution is 2.26. The van der Waals surface area contributed by atoms with Gasteiger partial charge in [0.05, 0.1) is 12.7 Å². The Balaban J connectivity index is 2.46. The fourth-order valence-electron chi connectivity index (χ4n) is 1.59. The summed E-state index contributed by atoms with van der Waals surface area (Å²) in [5.74, 6) is 0.776. The van der Waals surface area contributed by atoms with Gasteiger partial charge in [-0.2, -0.15) is 0 Å². The molecule has 0 radical (unpaired) electrons. The Bertz CT molecular complexity index is 312. The number of hydrogen-bond acceptors (Lipinski definition) is 3. The molecule has 1 rings (SSSR count). The maximum atomic E-state index is 9.85. The lowest BCUT2D eigenvalue weighted by molar-refractivity contribution is 0.128. The molecule has 0 aliphatic rings. The zero-order valence-electron chi connectivity index (χ0n) is 10.7. The average Bonchev–Trinajstić information content (AvgIpc) is 2.38. The first-order chi connectivity index (χ1) is 8.29. The lowest BCUT2D eigenvalue weighted by Crippen LogP contribution is -2.06. The first-order valence-corrected chi connectivity index (χ1v) is 6.27. The Kier molecular flexibility index (Phi) is 6.67. The summed E-state index contributed by atoms with van der Waals surface area (Å²) in [5, 5.41) is 9.85. The van der Waals surface area contributed by atoms with Crippen molar-refractivity contribution in [3.8, 4) is 5.75 Å². The molecule has 0 aliphatic carbocycles. The van der Waals surface area contributed by atoms with E-state index in [1.54, 1.807) is 0 Å². The normalized spacial score (nSPS) is 12.4. The Hall–Kier alpha value is -1.06. The van der Waals surface area contributed by atoms with Crippen LogP contribution in [0.3, 0.4) is 0 Å². The van der Waals surface area contributed by atoms with Gasteiger partial charge >= 0.3 is 0 Å². The van der Waals surface area contributed by atoms with E-state index in [1.165, 1.54) is 0 Å². The molecule has 0 aliphatic heterocycles. The molecule has 17 heavy (non-hydrogen) atoms. The third-order valence-corrected chi connectivity index (χ3v) is 2.56. The van der Waals surface area contributed by atoms with Gasteiger partial charge in [-0.15, -0.1) is 0 Å². The fourth-order valence-corrected chi connectivity index (χ4v) is 1.59. The molecule has 3 nitrogen and oxygen atoms in total. The molecule has 0 bridgehead atoms. The summed E-state index contributed by atoms with van der Waals surface area (Å²) in [5.41, 5.74) is 0.867. The van der Waals surface area contributed by atoms with Crippen molar-refractivity contribution in [3.05, 3.63) is 29.8 Å². The van der Waals surface area contributed by atoms with Crippen LogP contribution in [0.4, 0.5) is 0 Å². The largest absolute Gasteiger partial charge is 0.493 e. The summed E-state index contributed by atoms with van der Waals surface area (Å²) < 4.78 is 10.9. The van der Waals surface area contributed by atoms with E-state index in [0.717, 1.165) is 30.9 Å². The molecule has 0 aromatic heterocycles. The first kappa shape index (κ1) is 14.0. The van der Waals surface area contributed by atoms with E-state index in [-0.39, 0.29) is 0 Å². The number of ether oxygens (including phenoxy) is 2. The maximum Gasteiger partial charge on any atom is 0.125 e. The molecule has 1 aromatic carbocycles. The number of benzene rings is 1. The molecule has 0 amide bonds. The summed E-state index contributed by atoms with van der Waals surface area (Å²) in [7, 11) is 0. The Morgan fingerprint density at radius 1 is 1.18 bits per heavy atom. The minimum Gasteiger partial charge on any atom is -0.493 e. The summed E-state index contributed by atoms with van der Waals surface area (Å²) in [4.78, 5) is 0. The number of hydrogen-bond donors (Lipinski definition) is 1. The predicted octanol–water partition coefficient (Wildman–Crippen LogP) is 2.94. The van der Waals surface area contributed by atoms with Gasteiger partial charge < -0.3 is 14.6 Å². The second-order valence-electron chi connectivity index (χ2n) is 3.86. The van der Waals surface area contributed by atoms with Crippen molar-refractivity contribution in [2.75, 3.05) is 19.8 Å². The van der Waals surface area contributed by atoms with Gasteiger partial charge in [0.15, 0.2) is 0 Å². The lowest BCUT2D eigenvalue weighted by atomic mass is 10.1. The summed E-state index contributed by atoms with van der Waals surface area (Å²) >= 11 is 0. The van der Waals surface area contributed by atoms with Crippen molar-refractivity contribution in [1.82, 2.24) is 0 Å². The van der Waals surface area contributed by atoms with Crippen LogP contribution < -0.4 is 4.74 Å². The number of rotatable bonds is 8. The Morgan fingerprint density at radius 3 is 2.65 bits per heavy atom. The van der Waals surface area contributed by atoms with Gasteiger partial charge in [-0.05, 0) is 19.4 Å². The molecule has 3 heteroatoms. The van der Waals surface area contributed by atoms with E-state index in [4.69, 9.17) is 9.47 Å². The summed E-state index contributed by atoms with van der Waals surface area (Å²) in [6, 6.07) is 7.64.